The van der Waals surface area contributed by atoms with E-state index in [2.05, 4.69) is 21.8 Å². The molecule has 0 spiro atoms. The lowest BCUT2D eigenvalue weighted by molar-refractivity contribution is 0.0985. The van der Waals surface area contributed by atoms with E-state index < -0.39 is 0 Å². The molecule has 144 valence electrons. The molecule has 1 aliphatic rings. The minimum Gasteiger partial charge on any atom is -0.345 e. The molecule has 0 atom stereocenters. The van der Waals surface area contributed by atoms with Gasteiger partial charge in [0.25, 0.3) is 5.91 Å². The van der Waals surface area contributed by atoms with E-state index in [1.54, 1.807) is 23.0 Å². The number of aromatic nitrogens is 3. The molecule has 3 heterocycles. The molecule has 0 N–H and O–H groups in total. The van der Waals surface area contributed by atoms with Crippen molar-refractivity contribution >= 4 is 23.2 Å². The Hall–Kier alpha value is -3.31. The Bertz CT molecular complexity index is 1220. The van der Waals surface area contributed by atoms with Crippen LogP contribution in [0.4, 0.5) is 5.69 Å². The highest BCUT2D eigenvalue weighted by Crippen LogP contribution is 2.31. The maximum atomic E-state index is 13.5. The van der Waals surface area contributed by atoms with Crippen LogP contribution in [0.3, 0.4) is 0 Å². The van der Waals surface area contributed by atoms with Gasteiger partial charge in [-0.2, -0.15) is 5.10 Å². The van der Waals surface area contributed by atoms with Gasteiger partial charge in [-0.3, -0.25) is 4.79 Å². The Morgan fingerprint density at radius 1 is 1.07 bits per heavy atom. The zero-order valence-electron chi connectivity index (χ0n) is 15.9. The Morgan fingerprint density at radius 3 is 2.72 bits per heavy atom. The van der Waals surface area contributed by atoms with Crippen LogP contribution >= 0.6 is 11.6 Å². The lowest BCUT2D eigenvalue weighted by Gasteiger charge is -2.23. The number of aryl methyl sites for hydroxylation is 1. The van der Waals surface area contributed by atoms with Crippen molar-refractivity contribution < 1.29 is 4.79 Å². The van der Waals surface area contributed by atoms with E-state index >= 15 is 0 Å². The molecular weight excluding hydrogens is 384 g/mol. The second-order valence-electron chi connectivity index (χ2n) is 7.27. The molecule has 0 aliphatic carbocycles. The number of amides is 1. The quantitative estimate of drug-likeness (QED) is 0.481. The van der Waals surface area contributed by atoms with Crippen LogP contribution in [0.1, 0.15) is 27.2 Å². The second-order valence-corrected chi connectivity index (χ2v) is 7.68. The van der Waals surface area contributed by atoms with Crippen molar-refractivity contribution in [3.05, 3.63) is 101 Å². The van der Waals surface area contributed by atoms with Crippen LogP contribution in [0.2, 0.25) is 5.02 Å². The summed E-state index contributed by atoms with van der Waals surface area (Å²) in [5.41, 5.74) is 5.48. The van der Waals surface area contributed by atoms with Gasteiger partial charge in [0.2, 0.25) is 0 Å². The average molecular weight is 403 g/mol. The van der Waals surface area contributed by atoms with Gasteiger partial charge in [-0.15, -0.1) is 0 Å². The molecule has 6 heteroatoms. The molecule has 0 unspecified atom stereocenters. The summed E-state index contributed by atoms with van der Waals surface area (Å²) in [5.74, 6) is -0.111. The molecule has 29 heavy (non-hydrogen) atoms. The van der Waals surface area contributed by atoms with E-state index in [1.807, 2.05) is 54.5 Å². The highest BCUT2D eigenvalue weighted by molar-refractivity contribution is 6.34. The molecule has 5 nitrogen and oxygen atoms in total. The highest BCUT2D eigenvalue weighted by atomic mass is 35.5. The standard InChI is InChI=1S/C23H19ClN4O/c1-16-12-25-28(13-16)18-8-9-20(21(24)11-18)23(29)27-15-19-6-4-10-26(19)14-17-5-2-3-7-22(17)27/h2-13H,14-15H2,1H3. The van der Waals surface area contributed by atoms with Gasteiger partial charge in [-0.05, 0) is 54.4 Å². The maximum Gasteiger partial charge on any atom is 0.260 e. The number of nitrogens with zero attached hydrogens (tertiary/aromatic N) is 4. The predicted molar refractivity (Wildman–Crippen MR) is 114 cm³/mol. The largest absolute Gasteiger partial charge is 0.345 e. The zero-order valence-corrected chi connectivity index (χ0v) is 16.7. The number of para-hydroxylation sites is 1. The highest BCUT2D eigenvalue weighted by Gasteiger charge is 2.26. The smallest absolute Gasteiger partial charge is 0.260 e. The van der Waals surface area contributed by atoms with Crippen molar-refractivity contribution in [1.82, 2.24) is 14.3 Å². The molecule has 4 aromatic rings. The topological polar surface area (TPSA) is 43.1 Å². The normalized spacial score (nSPS) is 13.0. The van der Waals surface area contributed by atoms with Crippen LogP contribution in [0, 0.1) is 6.92 Å². The molecule has 2 aromatic heterocycles. The summed E-state index contributed by atoms with van der Waals surface area (Å²) in [7, 11) is 0. The first-order valence-electron chi connectivity index (χ1n) is 9.45. The fourth-order valence-electron chi connectivity index (χ4n) is 3.79. The van der Waals surface area contributed by atoms with Gasteiger partial charge in [0.05, 0.1) is 29.0 Å². The number of anilines is 1. The van der Waals surface area contributed by atoms with Crippen molar-refractivity contribution in [3.8, 4) is 5.69 Å². The number of rotatable bonds is 2. The maximum absolute atomic E-state index is 13.5. The van der Waals surface area contributed by atoms with Crippen LogP contribution < -0.4 is 4.90 Å². The molecule has 1 aliphatic heterocycles. The minimum absolute atomic E-state index is 0.111. The molecule has 5 rings (SSSR count). The summed E-state index contributed by atoms with van der Waals surface area (Å²) in [4.78, 5) is 15.3. The Morgan fingerprint density at radius 2 is 1.93 bits per heavy atom. The van der Waals surface area contributed by atoms with E-state index in [1.165, 1.54) is 0 Å². The van der Waals surface area contributed by atoms with Gasteiger partial charge >= 0.3 is 0 Å². The Labute approximate surface area is 173 Å². The van der Waals surface area contributed by atoms with Crippen molar-refractivity contribution in [2.45, 2.75) is 20.0 Å². The average Bonchev–Trinajstić information content (AvgIpc) is 3.32. The lowest BCUT2D eigenvalue weighted by Crippen LogP contribution is -2.30. The molecule has 0 saturated heterocycles. The zero-order chi connectivity index (χ0) is 20.0. The van der Waals surface area contributed by atoms with Gasteiger partial charge in [0.1, 0.15) is 0 Å². The Balaban J connectivity index is 1.55. The molecule has 0 radical (unpaired) electrons. The molecular formula is C23H19ClN4O. The number of halogens is 1. The number of fused-ring (bicyclic) bond motifs is 2. The monoisotopic (exact) mass is 402 g/mol. The van der Waals surface area contributed by atoms with Crippen molar-refractivity contribution in [3.63, 3.8) is 0 Å². The summed E-state index contributed by atoms with van der Waals surface area (Å²) in [6.07, 6.45) is 5.76. The van der Waals surface area contributed by atoms with Gasteiger partial charge in [-0.1, -0.05) is 29.8 Å². The molecule has 0 bridgehead atoms. The molecule has 2 aromatic carbocycles. The SMILES string of the molecule is Cc1cnn(-c2ccc(C(=O)N3Cc4cccn4Cc4ccccc43)c(Cl)c2)c1. The fourth-order valence-corrected chi connectivity index (χ4v) is 4.04. The summed E-state index contributed by atoms with van der Waals surface area (Å²) in [5, 5.41) is 4.73. The lowest BCUT2D eigenvalue weighted by atomic mass is 10.1. The van der Waals surface area contributed by atoms with E-state index in [0.717, 1.165) is 34.7 Å². The van der Waals surface area contributed by atoms with Gasteiger partial charge in [-0.25, -0.2) is 4.68 Å². The van der Waals surface area contributed by atoms with E-state index in [-0.39, 0.29) is 5.91 Å². The Kier molecular flexibility index (Phi) is 4.25. The van der Waals surface area contributed by atoms with Crippen molar-refractivity contribution in [1.29, 1.82) is 0 Å². The summed E-state index contributed by atoms with van der Waals surface area (Å²) in [6.45, 7) is 3.22. The third kappa shape index (κ3) is 3.13. The van der Waals surface area contributed by atoms with Crippen molar-refractivity contribution in [2.75, 3.05) is 4.90 Å². The van der Waals surface area contributed by atoms with Gasteiger partial charge < -0.3 is 9.47 Å². The van der Waals surface area contributed by atoms with E-state index in [0.29, 0.717) is 17.1 Å². The third-order valence-corrected chi connectivity index (χ3v) is 5.58. The number of carbonyl (C=O) groups is 1. The first-order valence-corrected chi connectivity index (χ1v) is 9.83. The number of hydrogen-bond acceptors (Lipinski definition) is 2. The minimum atomic E-state index is -0.111. The number of benzene rings is 2. The summed E-state index contributed by atoms with van der Waals surface area (Å²) >= 11 is 6.55. The number of carbonyl (C=O) groups excluding carboxylic acids is 1. The first kappa shape index (κ1) is 17.8. The van der Waals surface area contributed by atoms with Crippen LogP contribution in [-0.2, 0) is 13.1 Å². The predicted octanol–water partition coefficient (Wildman–Crippen LogP) is 4.84. The number of hydrogen-bond donors (Lipinski definition) is 0. The molecule has 0 saturated carbocycles. The van der Waals surface area contributed by atoms with Crippen LogP contribution in [0.15, 0.2) is 73.2 Å². The second kappa shape index (κ2) is 6.94. The van der Waals surface area contributed by atoms with Crippen molar-refractivity contribution in [2.24, 2.45) is 0 Å². The fraction of sp³-hybridized carbons (Fsp3) is 0.130. The molecule has 1 amide bonds. The molecule has 0 fully saturated rings. The van der Waals surface area contributed by atoms with Crippen LogP contribution in [0.25, 0.3) is 5.69 Å². The third-order valence-electron chi connectivity index (χ3n) is 5.27. The summed E-state index contributed by atoms with van der Waals surface area (Å²) < 4.78 is 3.93. The van der Waals surface area contributed by atoms with Gasteiger partial charge in [0.15, 0.2) is 0 Å². The van der Waals surface area contributed by atoms with E-state index in [4.69, 9.17) is 11.6 Å². The van der Waals surface area contributed by atoms with Crippen LogP contribution in [0.5, 0.6) is 0 Å². The first-order chi connectivity index (χ1) is 14.1. The van der Waals surface area contributed by atoms with E-state index in [9.17, 15) is 4.79 Å². The summed E-state index contributed by atoms with van der Waals surface area (Å²) in [6, 6.07) is 17.5. The van der Waals surface area contributed by atoms with Gasteiger partial charge in [0, 0.05) is 30.3 Å². The van der Waals surface area contributed by atoms with Crippen LogP contribution in [-0.4, -0.2) is 20.3 Å².